The molecule has 0 heterocycles. The van der Waals surface area contributed by atoms with Crippen LogP contribution in [0.15, 0.2) is 23.1 Å². The summed E-state index contributed by atoms with van der Waals surface area (Å²) < 4.78 is 30.9. The van der Waals surface area contributed by atoms with E-state index < -0.39 is 10.0 Å². The van der Waals surface area contributed by atoms with Gasteiger partial charge in [0.2, 0.25) is 10.0 Å². The van der Waals surface area contributed by atoms with Gasteiger partial charge in [0, 0.05) is 0 Å². The number of ether oxygens (including phenoxy) is 1. The highest BCUT2D eigenvalue weighted by Crippen LogP contribution is 2.21. The Balaban J connectivity index is 2.87. The van der Waals surface area contributed by atoms with Crippen LogP contribution in [0.3, 0.4) is 0 Å². The number of hydrogen-bond acceptors (Lipinski definition) is 4. The summed E-state index contributed by atoms with van der Waals surface area (Å²) in [6.45, 7) is 2.92. The molecule has 0 unspecified atom stereocenters. The molecule has 0 aliphatic rings. The Bertz CT molecular complexity index is 472. The largest absolute Gasteiger partial charge is 0.493 e. The number of nitrogens with one attached hydrogen (secondary N) is 1. The number of hydrogen-bond donors (Lipinski definition) is 2. The van der Waals surface area contributed by atoms with Crippen molar-refractivity contribution in [2.45, 2.75) is 18.2 Å². The second-order valence-electron chi connectivity index (χ2n) is 3.63. The summed E-state index contributed by atoms with van der Waals surface area (Å²) >= 11 is 0. The molecule has 1 aromatic carbocycles. The molecule has 0 bridgehead atoms. The molecule has 0 aromatic heterocycles. The first-order chi connectivity index (χ1) is 8.01. The van der Waals surface area contributed by atoms with Crippen molar-refractivity contribution in [3.63, 3.8) is 0 Å². The molecule has 0 spiro atoms. The van der Waals surface area contributed by atoms with E-state index in [4.69, 9.17) is 10.5 Å². The summed E-state index contributed by atoms with van der Waals surface area (Å²) in [6.07, 6.45) is 0.774. The van der Waals surface area contributed by atoms with Gasteiger partial charge in [-0.1, -0.05) is 0 Å². The van der Waals surface area contributed by atoms with Crippen molar-refractivity contribution in [3.05, 3.63) is 23.8 Å². The van der Waals surface area contributed by atoms with E-state index in [1.807, 2.05) is 6.92 Å². The van der Waals surface area contributed by atoms with E-state index in [0.29, 0.717) is 18.9 Å². The normalized spacial score (nSPS) is 11.5. The molecule has 0 aliphatic heterocycles. The molecular weight excluding hydrogens is 240 g/mol. The highest BCUT2D eigenvalue weighted by atomic mass is 32.2. The van der Waals surface area contributed by atoms with Crippen molar-refractivity contribution in [1.29, 1.82) is 0 Å². The summed E-state index contributed by atoms with van der Waals surface area (Å²) in [4.78, 5) is 0.240. The van der Waals surface area contributed by atoms with Crippen LogP contribution in [0.5, 0.6) is 5.75 Å². The summed E-state index contributed by atoms with van der Waals surface area (Å²) in [5.74, 6) is 0.688. The van der Waals surface area contributed by atoms with Gasteiger partial charge in [0.1, 0.15) is 5.75 Å². The zero-order chi connectivity index (χ0) is 12.9. The van der Waals surface area contributed by atoms with Crippen molar-refractivity contribution in [2.75, 3.05) is 20.2 Å². The van der Waals surface area contributed by atoms with E-state index in [9.17, 15) is 8.42 Å². The highest BCUT2D eigenvalue weighted by molar-refractivity contribution is 7.89. The Morgan fingerprint density at radius 1 is 1.41 bits per heavy atom. The molecule has 1 rings (SSSR count). The van der Waals surface area contributed by atoms with Gasteiger partial charge in [-0.25, -0.2) is 13.1 Å². The van der Waals surface area contributed by atoms with E-state index in [-0.39, 0.29) is 4.90 Å². The smallest absolute Gasteiger partial charge is 0.240 e. The topological polar surface area (TPSA) is 81.4 Å². The maximum Gasteiger partial charge on any atom is 0.240 e. The van der Waals surface area contributed by atoms with Gasteiger partial charge in [-0.05, 0) is 50.7 Å². The molecule has 0 atom stereocenters. The minimum absolute atomic E-state index is 0.240. The lowest BCUT2D eigenvalue weighted by Crippen LogP contribution is -2.18. The number of aryl methyl sites for hydroxylation is 1. The van der Waals surface area contributed by atoms with Crippen molar-refractivity contribution < 1.29 is 13.2 Å². The third-order valence-corrected chi connectivity index (χ3v) is 3.74. The van der Waals surface area contributed by atoms with E-state index in [1.165, 1.54) is 13.1 Å². The SMILES string of the molecule is CNS(=O)(=O)c1ccc(OCCCN)c(C)c1. The second-order valence-corrected chi connectivity index (χ2v) is 5.51. The van der Waals surface area contributed by atoms with Crippen LogP contribution in [0, 0.1) is 6.92 Å². The third-order valence-electron chi connectivity index (χ3n) is 2.33. The van der Waals surface area contributed by atoms with Crippen molar-refractivity contribution >= 4 is 10.0 Å². The lowest BCUT2D eigenvalue weighted by Gasteiger charge is -2.10. The fourth-order valence-corrected chi connectivity index (χ4v) is 2.15. The van der Waals surface area contributed by atoms with Gasteiger partial charge >= 0.3 is 0 Å². The molecule has 5 nitrogen and oxygen atoms in total. The minimum Gasteiger partial charge on any atom is -0.493 e. The van der Waals surface area contributed by atoms with Gasteiger partial charge < -0.3 is 10.5 Å². The van der Waals surface area contributed by atoms with Gasteiger partial charge in [0.05, 0.1) is 11.5 Å². The fourth-order valence-electron chi connectivity index (χ4n) is 1.33. The lowest BCUT2D eigenvalue weighted by molar-refractivity contribution is 0.311. The number of rotatable bonds is 6. The Kier molecular flexibility index (Phi) is 4.92. The van der Waals surface area contributed by atoms with Crippen molar-refractivity contribution in [2.24, 2.45) is 5.73 Å². The number of benzene rings is 1. The molecule has 1 aromatic rings. The Hall–Kier alpha value is -1.11. The molecule has 0 fully saturated rings. The van der Waals surface area contributed by atoms with Gasteiger partial charge in [-0.3, -0.25) is 0 Å². The van der Waals surface area contributed by atoms with Gasteiger partial charge in [0.15, 0.2) is 0 Å². The van der Waals surface area contributed by atoms with E-state index in [0.717, 1.165) is 12.0 Å². The van der Waals surface area contributed by atoms with Crippen LogP contribution in [-0.4, -0.2) is 28.6 Å². The maximum atomic E-state index is 11.6. The minimum atomic E-state index is -3.39. The molecule has 17 heavy (non-hydrogen) atoms. The average Bonchev–Trinajstić information content (AvgIpc) is 2.31. The van der Waals surface area contributed by atoms with E-state index >= 15 is 0 Å². The summed E-state index contributed by atoms with van der Waals surface area (Å²) in [7, 11) is -2.00. The van der Waals surface area contributed by atoms with Gasteiger partial charge in [-0.15, -0.1) is 0 Å². The zero-order valence-electron chi connectivity index (χ0n) is 10.1. The lowest BCUT2D eigenvalue weighted by atomic mass is 10.2. The van der Waals surface area contributed by atoms with Crippen LogP contribution >= 0.6 is 0 Å². The number of nitrogens with two attached hydrogens (primary N) is 1. The van der Waals surface area contributed by atoms with E-state index in [2.05, 4.69) is 4.72 Å². The summed E-state index contributed by atoms with van der Waals surface area (Å²) in [6, 6.07) is 4.77. The first-order valence-corrected chi connectivity index (χ1v) is 6.86. The second kappa shape index (κ2) is 6.00. The predicted octanol–water partition coefficient (Wildman–Crippen LogP) is 0.631. The summed E-state index contributed by atoms with van der Waals surface area (Å²) in [5, 5.41) is 0. The van der Waals surface area contributed by atoms with Gasteiger partial charge in [-0.2, -0.15) is 0 Å². The Labute approximate surface area is 102 Å². The Morgan fingerprint density at radius 2 is 2.12 bits per heavy atom. The fraction of sp³-hybridized carbons (Fsp3) is 0.455. The molecular formula is C11H18N2O3S. The molecule has 6 heteroatoms. The van der Waals surface area contributed by atoms with Crippen molar-refractivity contribution in [1.82, 2.24) is 4.72 Å². The monoisotopic (exact) mass is 258 g/mol. The molecule has 0 amide bonds. The number of sulfonamides is 1. The predicted molar refractivity (Wildman–Crippen MR) is 66.6 cm³/mol. The average molecular weight is 258 g/mol. The van der Waals surface area contributed by atoms with Crippen LogP contribution in [-0.2, 0) is 10.0 Å². The standard InChI is InChI=1S/C11H18N2O3S/c1-9-8-10(17(14,15)13-2)4-5-11(9)16-7-3-6-12/h4-5,8,13H,3,6-7,12H2,1-2H3. The van der Waals surface area contributed by atoms with Crippen LogP contribution in [0.2, 0.25) is 0 Å². The molecule has 3 N–H and O–H groups in total. The Morgan fingerprint density at radius 3 is 2.65 bits per heavy atom. The summed E-state index contributed by atoms with van der Waals surface area (Å²) in [5.41, 5.74) is 6.15. The first-order valence-electron chi connectivity index (χ1n) is 5.38. The molecule has 0 radical (unpaired) electrons. The maximum absolute atomic E-state index is 11.6. The molecule has 0 saturated heterocycles. The van der Waals surface area contributed by atoms with E-state index in [1.54, 1.807) is 12.1 Å². The van der Waals surface area contributed by atoms with Crippen LogP contribution in [0.4, 0.5) is 0 Å². The molecule has 0 saturated carbocycles. The van der Waals surface area contributed by atoms with Crippen LogP contribution in [0.25, 0.3) is 0 Å². The van der Waals surface area contributed by atoms with Crippen LogP contribution < -0.4 is 15.2 Å². The zero-order valence-corrected chi connectivity index (χ0v) is 10.9. The van der Waals surface area contributed by atoms with Crippen molar-refractivity contribution in [3.8, 4) is 5.75 Å². The first kappa shape index (κ1) is 14.0. The quantitative estimate of drug-likeness (QED) is 0.733. The highest BCUT2D eigenvalue weighted by Gasteiger charge is 2.12. The molecule has 0 aliphatic carbocycles. The molecule has 96 valence electrons. The van der Waals surface area contributed by atoms with Gasteiger partial charge in [0.25, 0.3) is 0 Å². The third kappa shape index (κ3) is 3.69. The van der Waals surface area contributed by atoms with Crippen LogP contribution in [0.1, 0.15) is 12.0 Å².